The maximum absolute atomic E-state index is 10.8. The standard InChI is InChI=1S/C14H15AsN4O4S2/c16-14-17-6-5-11(19-14)18-10-3-1-9(2-4-10)15(24-7-12(20)21)25-8-13(22)23/h1-6H,7-8H2,(H,20,21)(H,22,23)(H3,16,17,18,19). The van der Waals surface area contributed by atoms with E-state index in [0.29, 0.717) is 5.82 Å². The molecule has 5 N–H and O–H groups in total. The van der Waals surface area contributed by atoms with Gasteiger partial charge < -0.3 is 0 Å². The zero-order valence-corrected chi connectivity index (χ0v) is 16.3. The van der Waals surface area contributed by atoms with Crippen LogP contribution in [0.4, 0.5) is 17.5 Å². The molecule has 0 aliphatic heterocycles. The first-order chi connectivity index (χ1) is 11.9. The minimum absolute atomic E-state index is 0.0349. The summed E-state index contributed by atoms with van der Waals surface area (Å²) in [6, 6.07) is 9.15. The topological polar surface area (TPSA) is 138 Å². The SMILES string of the molecule is Nc1nccc(Nc2ccc([As](SCC(=O)O)SCC(=O)O)cc2)n1. The van der Waals surface area contributed by atoms with Gasteiger partial charge in [0.25, 0.3) is 0 Å². The molecule has 8 nitrogen and oxygen atoms in total. The molecule has 0 aliphatic carbocycles. The number of anilines is 3. The first-order valence-corrected chi connectivity index (χ1v) is 14.3. The molecule has 0 radical (unpaired) electrons. The van der Waals surface area contributed by atoms with Crippen LogP contribution in [0, 0.1) is 0 Å². The third-order valence-corrected chi connectivity index (χ3v) is 15.4. The van der Waals surface area contributed by atoms with E-state index in [1.807, 2.05) is 24.3 Å². The van der Waals surface area contributed by atoms with Gasteiger partial charge in [-0.2, -0.15) is 0 Å². The Labute approximate surface area is 154 Å². The number of benzene rings is 1. The Morgan fingerprint density at radius 1 is 1.08 bits per heavy atom. The molecule has 132 valence electrons. The van der Waals surface area contributed by atoms with Crippen molar-refractivity contribution in [3.05, 3.63) is 36.5 Å². The monoisotopic (exact) mass is 442 g/mol. The number of hydrogen-bond acceptors (Lipinski definition) is 8. The minimum atomic E-state index is -1.90. The van der Waals surface area contributed by atoms with E-state index in [9.17, 15) is 9.59 Å². The molecule has 0 bridgehead atoms. The van der Waals surface area contributed by atoms with E-state index in [4.69, 9.17) is 15.9 Å². The summed E-state index contributed by atoms with van der Waals surface area (Å²) in [5.41, 5.74) is 6.33. The van der Waals surface area contributed by atoms with Crippen LogP contribution in [0.3, 0.4) is 0 Å². The molecule has 0 saturated heterocycles. The van der Waals surface area contributed by atoms with Gasteiger partial charge in [0.2, 0.25) is 0 Å². The summed E-state index contributed by atoms with van der Waals surface area (Å²) < 4.78 is 0.984. The molecule has 2 rings (SSSR count). The van der Waals surface area contributed by atoms with Crippen molar-refractivity contribution < 1.29 is 19.8 Å². The van der Waals surface area contributed by atoms with Crippen LogP contribution in [0.15, 0.2) is 36.5 Å². The third kappa shape index (κ3) is 6.85. The molecule has 0 atom stereocenters. The van der Waals surface area contributed by atoms with Gasteiger partial charge in [0.1, 0.15) is 0 Å². The van der Waals surface area contributed by atoms with Crippen molar-refractivity contribution in [1.82, 2.24) is 9.97 Å². The van der Waals surface area contributed by atoms with Gasteiger partial charge in [-0.05, 0) is 0 Å². The van der Waals surface area contributed by atoms with E-state index in [1.54, 1.807) is 12.3 Å². The number of nitrogen functional groups attached to an aromatic ring is 1. The number of carboxylic acids is 2. The van der Waals surface area contributed by atoms with Crippen LogP contribution < -0.4 is 15.4 Å². The molecule has 25 heavy (non-hydrogen) atoms. The van der Waals surface area contributed by atoms with Crippen molar-refractivity contribution >= 4 is 66.1 Å². The van der Waals surface area contributed by atoms with Crippen LogP contribution in [0.5, 0.6) is 0 Å². The van der Waals surface area contributed by atoms with Crippen LogP contribution in [-0.4, -0.2) is 56.0 Å². The molecule has 0 spiro atoms. The summed E-state index contributed by atoms with van der Waals surface area (Å²) in [6.45, 7) is 0. The van der Waals surface area contributed by atoms with Crippen molar-refractivity contribution in [3.8, 4) is 0 Å². The average Bonchev–Trinajstić information content (AvgIpc) is 2.55. The van der Waals surface area contributed by atoms with Crippen LogP contribution in [-0.2, 0) is 9.59 Å². The molecule has 2 aromatic rings. The predicted molar refractivity (Wildman–Crippen MR) is 102 cm³/mol. The molecule has 0 aliphatic rings. The maximum atomic E-state index is 10.8. The zero-order chi connectivity index (χ0) is 18.2. The molecule has 11 heteroatoms. The zero-order valence-electron chi connectivity index (χ0n) is 12.8. The number of rotatable bonds is 9. The van der Waals surface area contributed by atoms with E-state index in [1.165, 1.54) is 20.0 Å². The van der Waals surface area contributed by atoms with Gasteiger partial charge in [0, 0.05) is 0 Å². The Hall–Kier alpha value is -1.90. The summed E-state index contributed by atoms with van der Waals surface area (Å²) in [5.74, 6) is -1.14. The normalized spacial score (nSPS) is 10.6. The number of nitrogens with zero attached hydrogens (tertiary/aromatic N) is 2. The van der Waals surface area contributed by atoms with E-state index in [2.05, 4.69) is 15.3 Å². The fourth-order valence-corrected chi connectivity index (χ4v) is 12.6. The molecule has 1 heterocycles. The van der Waals surface area contributed by atoms with Crippen molar-refractivity contribution in [2.75, 3.05) is 22.6 Å². The number of aliphatic carboxylic acids is 2. The van der Waals surface area contributed by atoms with Crippen molar-refractivity contribution in [1.29, 1.82) is 0 Å². The Morgan fingerprint density at radius 2 is 1.68 bits per heavy atom. The Bertz CT molecular complexity index is 730. The van der Waals surface area contributed by atoms with E-state index >= 15 is 0 Å². The second-order valence-corrected chi connectivity index (χ2v) is 16.1. The summed E-state index contributed by atoms with van der Waals surface area (Å²) >= 11 is -1.90. The number of nitrogens with two attached hydrogens (primary N) is 1. The summed E-state index contributed by atoms with van der Waals surface area (Å²) in [5, 5.41) is 20.8. The first kappa shape index (κ1) is 19.4. The number of aromatic nitrogens is 2. The van der Waals surface area contributed by atoms with E-state index < -0.39 is 24.3 Å². The average molecular weight is 442 g/mol. The van der Waals surface area contributed by atoms with Crippen LogP contribution >= 0.6 is 20.0 Å². The second kappa shape index (κ2) is 9.55. The second-order valence-electron chi connectivity index (χ2n) is 4.56. The molecule has 1 aromatic carbocycles. The Balaban J connectivity index is 2.07. The molecule has 0 saturated carbocycles. The predicted octanol–water partition coefficient (Wildman–Crippen LogP) is 1.13. The van der Waals surface area contributed by atoms with Gasteiger partial charge in [-0.1, -0.05) is 0 Å². The number of carboxylic acid groups (broad SMARTS) is 2. The van der Waals surface area contributed by atoms with Gasteiger partial charge in [-0.15, -0.1) is 0 Å². The van der Waals surface area contributed by atoms with Gasteiger partial charge in [0.15, 0.2) is 0 Å². The van der Waals surface area contributed by atoms with Crippen molar-refractivity contribution in [3.63, 3.8) is 0 Å². The summed E-state index contributed by atoms with van der Waals surface area (Å²) in [7, 11) is 2.65. The van der Waals surface area contributed by atoms with Gasteiger partial charge >= 0.3 is 155 Å². The number of carbonyl (C=O) groups is 2. The van der Waals surface area contributed by atoms with E-state index in [0.717, 1.165) is 10.0 Å². The van der Waals surface area contributed by atoms with E-state index in [-0.39, 0.29) is 17.5 Å². The van der Waals surface area contributed by atoms with Crippen LogP contribution in [0.25, 0.3) is 0 Å². The van der Waals surface area contributed by atoms with Gasteiger partial charge in [-0.3, -0.25) is 0 Å². The van der Waals surface area contributed by atoms with Crippen LogP contribution in [0.1, 0.15) is 0 Å². The fraction of sp³-hybridized carbons (Fsp3) is 0.143. The number of hydrogen-bond donors (Lipinski definition) is 4. The van der Waals surface area contributed by atoms with Crippen molar-refractivity contribution in [2.24, 2.45) is 0 Å². The molecular formula is C14H15AsN4O4S2. The molecule has 0 amide bonds. The Kier molecular flexibility index (Phi) is 7.42. The Morgan fingerprint density at radius 3 is 2.20 bits per heavy atom. The molecule has 1 aromatic heterocycles. The number of nitrogens with one attached hydrogen (secondary N) is 1. The van der Waals surface area contributed by atoms with Gasteiger partial charge in [-0.25, -0.2) is 0 Å². The summed E-state index contributed by atoms with van der Waals surface area (Å²) in [4.78, 5) is 29.5. The molecular weight excluding hydrogens is 427 g/mol. The molecule has 0 unspecified atom stereocenters. The molecule has 0 fully saturated rings. The first-order valence-electron chi connectivity index (χ1n) is 6.89. The summed E-state index contributed by atoms with van der Waals surface area (Å²) in [6.07, 6.45) is 1.55. The van der Waals surface area contributed by atoms with Crippen molar-refractivity contribution in [2.45, 2.75) is 0 Å². The quantitative estimate of drug-likeness (QED) is 0.418. The van der Waals surface area contributed by atoms with Crippen LogP contribution in [0.2, 0.25) is 0 Å². The third-order valence-electron chi connectivity index (χ3n) is 2.64. The fourth-order valence-electron chi connectivity index (χ4n) is 1.67. The van der Waals surface area contributed by atoms with Gasteiger partial charge in [0.05, 0.1) is 0 Å².